The summed E-state index contributed by atoms with van der Waals surface area (Å²) in [6.45, 7) is 3.47. The van der Waals surface area contributed by atoms with Crippen LogP contribution < -0.4 is 4.90 Å². The molecular weight excluding hydrogens is 430 g/mol. The summed E-state index contributed by atoms with van der Waals surface area (Å²) in [6, 6.07) is 13.4. The molecule has 5 aliphatic rings. The van der Waals surface area contributed by atoms with E-state index in [0.717, 1.165) is 12.0 Å². The molecule has 0 spiro atoms. The predicted octanol–water partition coefficient (Wildman–Crippen LogP) is 3.98. The lowest BCUT2D eigenvalue weighted by Crippen LogP contribution is -2.40. The largest absolute Gasteiger partial charge is 0.451 e. The summed E-state index contributed by atoms with van der Waals surface area (Å²) in [7, 11) is 0. The Morgan fingerprint density at radius 1 is 0.912 bits per heavy atom. The highest BCUT2D eigenvalue weighted by Gasteiger charge is 2.67. The Morgan fingerprint density at radius 2 is 1.53 bits per heavy atom. The van der Waals surface area contributed by atoms with E-state index in [-0.39, 0.29) is 46.8 Å². The van der Waals surface area contributed by atoms with E-state index >= 15 is 0 Å². The lowest BCUT2D eigenvalue weighted by Gasteiger charge is -2.37. The molecule has 6 heteroatoms. The first kappa shape index (κ1) is 21.0. The molecule has 0 N–H and O–H groups in total. The predicted molar refractivity (Wildman–Crippen MR) is 124 cm³/mol. The van der Waals surface area contributed by atoms with E-state index in [2.05, 4.69) is 12.2 Å². The van der Waals surface area contributed by atoms with Gasteiger partial charge >= 0.3 is 5.97 Å². The van der Waals surface area contributed by atoms with Gasteiger partial charge in [-0.1, -0.05) is 48.0 Å². The average Bonchev–Trinajstić information content (AvgIpc) is 3.62. The van der Waals surface area contributed by atoms with Crippen molar-refractivity contribution < 1.29 is 23.9 Å². The number of carbonyl (C=O) groups excluding carboxylic acids is 4. The normalized spacial score (nSPS) is 31.2. The van der Waals surface area contributed by atoms with Gasteiger partial charge in [0, 0.05) is 5.56 Å². The van der Waals surface area contributed by atoms with Crippen molar-refractivity contribution in [1.29, 1.82) is 0 Å². The lowest BCUT2D eigenvalue weighted by molar-refractivity contribution is -0.124. The second kappa shape index (κ2) is 7.49. The van der Waals surface area contributed by atoms with Crippen molar-refractivity contribution >= 4 is 29.3 Å². The number of ketones is 1. The summed E-state index contributed by atoms with van der Waals surface area (Å²) in [6.07, 6.45) is 4.41. The Labute approximate surface area is 197 Å². The summed E-state index contributed by atoms with van der Waals surface area (Å²) < 4.78 is 5.43. The van der Waals surface area contributed by atoms with Gasteiger partial charge in [0.15, 0.2) is 6.10 Å². The van der Waals surface area contributed by atoms with Gasteiger partial charge in [0.2, 0.25) is 17.6 Å². The molecule has 34 heavy (non-hydrogen) atoms. The molecule has 2 saturated carbocycles. The van der Waals surface area contributed by atoms with E-state index in [4.69, 9.17) is 4.74 Å². The van der Waals surface area contributed by atoms with Crippen LogP contribution in [0, 0.1) is 42.4 Å². The zero-order valence-corrected chi connectivity index (χ0v) is 19.0. The van der Waals surface area contributed by atoms with E-state index in [9.17, 15) is 19.2 Å². The summed E-state index contributed by atoms with van der Waals surface area (Å²) in [4.78, 5) is 53.4. The molecule has 6 nitrogen and oxygen atoms in total. The number of amides is 2. The van der Waals surface area contributed by atoms with Gasteiger partial charge in [-0.3, -0.25) is 14.4 Å². The van der Waals surface area contributed by atoms with Gasteiger partial charge in [0.05, 0.1) is 23.1 Å². The van der Waals surface area contributed by atoms with E-state index in [1.165, 1.54) is 17.9 Å². The molecule has 7 atom stereocenters. The maximum absolute atomic E-state index is 13.3. The number of allylic oxidation sites excluding steroid dienone is 2. The van der Waals surface area contributed by atoms with Gasteiger partial charge in [0.1, 0.15) is 0 Å². The van der Waals surface area contributed by atoms with Crippen molar-refractivity contribution in [3.63, 3.8) is 0 Å². The van der Waals surface area contributed by atoms with Crippen molar-refractivity contribution in [3.05, 3.63) is 77.4 Å². The van der Waals surface area contributed by atoms with Crippen LogP contribution in [0.3, 0.4) is 0 Å². The highest BCUT2D eigenvalue weighted by atomic mass is 16.5. The Kier molecular flexibility index (Phi) is 4.63. The third kappa shape index (κ3) is 3.08. The van der Waals surface area contributed by atoms with Gasteiger partial charge in [-0.15, -0.1) is 0 Å². The fourth-order valence-electron chi connectivity index (χ4n) is 6.22. The van der Waals surface area contributed by atoms with Crippen molar-refractivity contribution in [3.8, 4) is 0 Å². The minimum atomic E-state index is -0.967. The van der Waals surface area contributed by atoms with Crippen molar-refractivity contribution in [2.24, 2.45) is 35.5 Å². The van der Waals surface area contributed by atoms with Crippen molar-refractivity contribution in [1.82, 2.24) is 0 Å². The summed E-state index contributed by atoms with van der Waals surface area (Å²) in [5.74, 6) is -0.561. The number of aryl methyl sites for hydroxylation is 1. The maximum Gasteiger partial charge on any atom is 0.338 e. The molecule has 3 fully saturated rings. The zero-order valence-electron chi connectivity index (χ0n) is 19.0. The molecule has 0 unspecified atom stereocenters. The van der Waals surface area contributed by atoms with E-state index in [0.29, 0.717) is 23.1 Å². The van der Waals surface area contributed by atoms with Crippen LogP contribution in [-0.4, -0.2) is 29.7 Å². The molecule has 7 rings (SSSR count). The fraction of sp³-hybridized carbons (Fsp3) is 0.357. The molecule has 172 valence electrons. The number of ether oxygens (including phenoxy) is 1. The number of esters is 1. The van der Waals surface area contributed by atoms with Crippen LogP contribution in [0.2, 0.25) is 0 Å². The van der Waals surface area contributed by atoms with Crippen LogP contribution in [0.15, 0.2) is 60.7 Å². The maximum atomic E-state index is 13.3. The Bertz CT molecular complexity index is 1230. The number of hydrogen-bond acceptors (Lipinski definition) is 5. The van der Waals surface area contributed by atoms with Crippen molar-refractivity contribution in [2.45, 2.75) is 26.4 Å². The highest BCUT2D eigenvalue weighted by Crippen LogP contribution is 2.65. The van der Waals surface area contributed by atoms with Crippen LogP contribution in [0.1, 0.15) is 39.6 Å². The van der Waals surface area contributed by atoms with Crippen LogP contribution in [0.25, 0.3) is 0 Å². The number of rotatable bonds is 5. The Morgan fingerprint density at radius 3 is 2.15 bits per heavy atom. The number of carbonyl (C=O) groups is 4. The average molecular weight is 456 g/mol. The summed E-state index contributed by atoms with van der Waals surface area (Å²) in [5.41, 5.74) is 2.08. The first-order chi connectivity index (χ1) is 16.3. The summed E-state index contributed by atoms with van der Waals surface area (Å²) in [5, 5.41) is 0. The second-order valence-corrected chi connectivity index (χ2v) is 9.99. The molecule has 0 radical (unpaired) electrons. The van der Waals surface area contributed by atoms with E-state index in [1.807, 2.05) is 19.1 Å². The third-order valence-electron chi connectivity index (χ3n) is 7.99. The zero-order chi connectivity index (χ0) is 23.7. The number of anilines is 1. The summed E-state index contributed by atoms with van der Waals surface area (Å²) >= 11 is 0. The van der Waals surface area contributed by atoms with E-state index < -0.39 is 12.1 Å². The quantitative estimate of drug-likeness (QED) is 0.295. The monoisotopic (exact) mass is 455 g/mol. The first-order valence-corrected chi connectivity index (χ1v) is 11.8. The number of hydrogen-bond donors (Lipinski definition) is 0. The molecule has 2 amide bonds. The number of benzene rings is 2. The first-order valence-electron chi connectivity index (χ1n) is 11.8. The third-order valence-corrected chi connectivity index (χ3v) is 7.99. The molecular formula is C28H25NO5. The SMILES string of the molecule is Cc1ccc(C(=O)[C@H](C)OC(=O)c2cccc(N3C(=O)[C@@H]4[C@H]5C=C[C@@H]([C@@H]6C[C@H]56)[C@@H]4C3=O)c2)cc1. The molecule has 2 aromatic carbocycles. The second-order valence-electron chi connectivity index (χ2n) is 9.99. The van der Waals surface area contributed by atoms with Crippen LogP contribution in [-0.2, 0) is 14.3 Å². The van der Waals surface area contributed by atoms with Gasteiger partial charge in [-0.25, -0.2) is 9.69 Å². The Hall–Kier alpha value is -3.54. The molecule has 1 heterocycles. The number of imide groups is 1. The standard InChI is InChI=1S/C28H25NO5/c1-14-6-8-16(9-7-14)25(30)15(2)34-28(33)17-4-3-5-18(12-17)29-26(31)23-19-10-11-20(22-13-21(19)22)24(23)27(29)32/h3-12,15,19-24H,13H2,1-2H3/t15-,19-,20-,21-,22+,23-,24+/m0/s1. The van der Waals surface area contributed by atoms with E-state index in [1.54, 1.807) is 30.3 Å². The molecule has 1 aliphatic heterocycles. The minimum Gasteiger partial charge on any atom is -0.451 e. The lowest BCUT2D eigenvalue weighted by atomic mass is 9.63. The topological polar surface area (TPSA) is 80.8 Å². The van der Waals surface area contributed by atoms with Crippen LogP contribution in [0.5, 0.6) is 0 Å². The number of Topliss-reactive ketones (excluding diaryl/α,β-unsaturated/α-hetero) is 1. The molecule has 1 saturated heterocycles. The van der Waals surface area contributed by atoms with Gasteiger partial charge in [-0.05, 0) is 62.1 Å². The fourth-order valence-corrected chi connectivity index (χ4v) is 6.22. The molecule has 2 bridgehead atoms. The van der Waals surface area contributed by atoms with Gasteiger partial charge < -0.3 is 4.74 Å². The highest BCUT2D eigenvalue weighted by molar-refractivity contribution is 6.23. The molecule has 2 aromatic rings. The molecule has 0 aromatic heterocycles. The smallest absolute Gasteiger partial charge is 0.338 e. The van der Waals surface area contributed by atoms with Gasteiger partial charge in [-0.2, -0.15) is 0 Å². The van der Waals surface area contributed by atoms with Gasteiger partial charge in [0.25, 0.3) is 0 Å². The van der Waals surface area contributed by atoms with Crippen molar-refractivity contribution in [2.75, 3.05) is 4.90 Å². The number of nitrogens with zero attached hydrogens (tertiary/aromatic N) is 1. The molecule has 4 aliphatic carbocycles. The minimum absolute atomic E-state index is 0.142. The van der Waals surface area contributed by atoms with Crippen LogP contribution >= 0.6 is 0 Å². The van der Waals surface area contributed by atoms with Crippen LogP contribution in [0.4, 0.5) is 5.69 Å². The Balaban J connectivity index is 1.21.